The van der Waals surface area contributed by atoms with Crippen LogP contribution in [0.5, 0.6) is 0 Å². The minimum atomic E-state index is -0.719. The molecule has 0 fully saturated rings. The quantitative estimate of drug-likeness (QED) is 0.655. The molecule has 0 aromatic heterocycles. The summed E-state index contributed by atoms with van der Waals surface area (Å²) in [5.41, 5.74) is 0.216. The maximum absolute atomic E-state index is 11.2. The van der Waals surface area contributed by atoms with E-state index >= 15 is 0 Å². The third-order valence-corrected chi connectivity index (χ3v) is 2.43. The van der Waals surface area contributed by atoms with Crippen LogP contribution in [-0.2, 0) is 19.5 Å². The highest BCUT2D eigenvalue weighted by Gasteiger charge is 2.26. The van der Waals surface area contributed by atoms with Crippen LogP contribution in [0, 0.1) is 12.3 Å². The molecule has 0 unspecified atom stereocenters. The van der Waals surface area contributed by atoms with Gasteiger partial charge in [0.15, 0.2) is 0 Å². The van der Waals surface area contributed by atoms with E-state index in [1.165, 1.54) is 0 Å². The first-order chi connectivity index (χ1) is 10.4. The molecule has 23 heavy (non-hydrogen) atoms. The zero-order chi connectivity index (χ0) is 18.3. The standard InChI is InChI=1S/C9H18O3.C8H8O3/c1-8(2,3)7(10)11-12-9(4,5)6;1-6-4-2-3-5-7(6)8(9)11-10/h1-6H3;2-5,10H,1H3. The number of hydrogen-bond acceptors (Lipinski definition) is 6. The van der Waals surface area contributed by atoms with Crippen LogP contribution in [0.15, 0.2) is 24.3 Å². The Balaban J connectivity index is 0.000000422. The van der Waals surface area contributed by atoms with Crippen molar-refractivity contribution in [3.63, 3.8) is 0 Å². The molecule has 0 aliphatic heterocycles. The molecule has 6 nitrogen and oxygen atoms in total. The van der Waals surface area contributed by atoms with Crippen molar-refractivity contribution in [2.45, 2.75) is 54.1 Å². The van der Waals surface area contributed by atoms with E-state index in [0.29, 0.717) is 5.56 Å². The van der Waals surface area contributed by atoms with Crippen molar-refractivity contribution in [2.75, 3.05) is 0 Å². The summed E-state index contributed by atoms with van der Waals surface area (Å²) in [7, 11) is 0. The van der Waals surface area contributed by atoms with Gasteiger partial charge in [-0.05, 0) is 60.1 Å². The largest absolute Gasteiger partial charge is 0.373 e. The third kappa shape index (κ3) is 8.95. The Morgan fingerprint density at radius 2 is 1.52 bits per heavy atom. The average molecular weight is 326 g/mol. The van der Waals surface area contributed by atoms with Crippen LogP contribution in [0.3, 0.4) is 0 Å². The van der Waals surface area contributed by atoms with E-state index in [1.54, 1.807) is 45.9 Å². The molecule has 0 amide bonds. The number of rotatable bonds is 2. The summed E-state index contributed by atoms with van der Waals surface area (Å²) in [5, 5.41) is 8.06. The van der Waals surface area contributed by atoms with Gasteiger partial charge in [0, 0.05) is 0 Å². The lowest BCUT2D eigenvalue weighted by Crippen LogP contribution is -2.28. The van der Waals surface area contributed by atoms with Gasteiger partial charge in [-0.1, -0.05) is 18.2 Å². The fraction of sp³-hybridized carbons (Fsp3) is 0.529. The molecule has 0 saturated carbocycles. The zero-order valence-electron chi connectivity index (χ0n) is 14.8. The lowest BCUT2D eigenvalue weighted by atomic mass is 9.98. The third-order valence-electron chi connectivity index (χ3n) is 2.43. The molecule has 0 radical (unpaired) electrons. The second-order valence-corrected chi connectivity index (χ2v) is 7.01. The van der Waals surface area contributed by atoms with E-state index in [1.807, 2.05) is 26.8 Å². The van der Waals surface area contributed by atoms with Gasteiger partial charge in [0.05, 0.1) is 11.0 Å². The second-order valence-electron chi connectivity index (χ2n) is 7.01. The lowest BCUT2D eigenvalue weighted by molar-refractivity contribution is -0.325. The molecule has 0 spiro atoms. The van der Waals surface area contributed by atoms with Crippen molar-refractivity contribution < 1.29 is 29.5 Å². The minimum Gasteiger partial charge on any atom is -0.297 e. The first-order valence-corrected chi connectivity index (χ1v) is 7.20. The monoisotopic (exact) mass is 326 g/mol. The molecule has 0 bridgehead atoms. The van der Waals surface area contributed by atoms with E-state index in [4.69, 9.17) is 10.1 Å². The Hall–Kier alpha value is -1.92. The molecule has 130 valence electrons. The van der Waals surface area contributed by atoms with Gasteiger partial charge < -0.3 is 0 Å². The Kier molecular flexibility index (Phi) is 7.92. The summed E-state index contributed by atoms with van der Waals surface area (Å²) in [6.45, 7) is 12.6. The van der Waals surface area contributed by atoms with Gasteiger partial charge in [0.2, 0.25) is 0 Å². The van der Waals surface area contributed by atoms with E-state index in [2.05, 4.69) is 9.78 Å². The van der Waals surface area contributed by atoms with Crippen LogP contribution in [0.25, 0.3) is 0 Å². The minimum absolute atomic E-state index is 0.350. The second kappa shape index (κ2) is 8.64. The smallest absolute Gasteiger partial charge is 0.297 e. The predicted molar refractivity (Wildman–Crippen MR) is 85.6 cm³/mol. The van der Waals surface area contributed by atoms with Crippen molar-refractivity contribution >= 4 is 11.9 Å². The summed E-state index contributed by atoms with van der Waals surface area (Å²) < 4.78 is 0. The highest BCUT2D eigenvalue weighted by Crippen LogP contribution is 2.17. The Morgan fingerprint density at radius 1 is 1.00 bits per heavy atom. The first kappa shape index (κ1) is 21.1. The predicted octanol–water partition coefficient (Wildman–Crippen LogP) is 3.93. The normalized spacial score (nSPS) is 11.1. The summed E-state index contributed by atoms with van der Waals surface area (Å²) in [5.74, 6) is -1.07. The van der Waals surface area contributed by atoms with Crippen molar-refractivity contribution in [1.29, 1.82) is 0 Å². The molecule has 6 heteroatoms. The van der Waals surface area contributed by atoms with Crippen LogP contribution in [0.2, 0.25) is 0 Å². The van der Waals surface area contributed by atoms with Crippen molar-refractivity contribution in [1.82, 2.24) is 0 Å². The molecular weight excluding hydrogens is 300 g/mol. The van der Waals surface area contributed by atoms with Crippen LogP contribution in [0.4, 0.5) is 0 Å². The van der Waals surface area contributed by atoms with Gasteiger partial charge in [-0.15, -0.1) is 0 Å². The number of carbonyl (C=O) groups excluding carboxylic acids is 2. The fourth-order valence-electron chi connectivity index (χ4n) is 1.14. The SMILES string of the molecule is CC(C)(C)OOC(=O)C(C)(C)C.Cc1ccccc1C(=O)OO. The van der Waals surface area contributed by atoms with E-state index in [0.717, 1.165) is 5.56 Å². The maximum Gasteiger partial charge on any atom is 0.373 e. The Labute approximate surface area is 137 Å². The number of hydrogen-bond donors (Lipinski definition) is 1. The first-order valence-electron chi connectivity index (χ1n) is 7.20. The molecule has 1 aromatic carbocycles. The fourth-order valence-corrected chi connectivity index (χ4v) is 1.14. The van der Waals surface area contributed by atoms with Gasteiger partial charge in [-0.3, -0.25) is 9.78 Å². The molecule has 1 rings (SSSR count). The maximum atomic E-state index is 11.2. The highest BCUT2D eigenvalue weighted by atomic mass is 17.2. The van der Waals surface area contributed by atoms with Gasteiger partial charge in [0.1, 0.15) is 5.60 Å². The van der Waals surface area contributed by atoms with Gasteiger partial charge >= 0.3 is 11.9 Å². The molecule has 0 aliphatic rings. The molecule has 1 aromatic rings. The lowest BCUT2D eigenvalue weighted by Gasteiger charge is -2.20. The summed E-state index contributed by atoms with van der Waals surface area (Å²) in [4.78, 5) is 35.0. The molecule has 1 N–H and O–H groups in total. The van der Waals surface area contributed by atoms with Gasteiger partial charge in [0.25, 0.3) is 0 Å². The van der Waals surface area contributed by atoms with E-state index in [-0.39, 0.29) is 5.97 Å². The molecule has 0 saturated heterocycles. The van der Waals surface area contributed by atoms with Crippen LogP contribution < -0.4 is 0 Å². The Morgan fingerprint density at radius 3 is 1.91 bits per heavy atom. The average Bonchev–Trinajstić information content (AvgIpc) is 2.43. The molecule has 0 heterocycles. The topological polar surface area (TPSA) is 82.1 Å². The number of aryl methyl sites for hydroxylation is 1. The highest BCUT2D eigenvalue weighted by molar-refractivity contribution is 5.90. The van der Waals surface area contributed by atoms with E-state index < -0.39 is 17.0 Å². The van der Waals surface area contributed by atoms with Crippen LogP contribution in [-0.4, -0.2) is 22.8 Å². The summed E-state index contributed by atoms with van der Waals surface area (Å²) in [6, 6.07) is 6.88. The zero-order valence-corrected chi connectivity index (χ0v) is 14.8. The molecule has 0 aliphatic carbocycles. The van der Waals surface area contributed by atoms with Crippen molar-refractivity contribution in [3.05, 3.63) is 35.4 Å². The van der Waals surface area contributed by atoms with Crippen molar-refractivity contribution in [3.8, 4) is 0 Å². The van der Waals surface area contributed by atoms with Crippen LogP contribution in [0.1, 0.15) is 57.5 Å². The number of benzene rings is 1. The summed E-state index contributed by atoms with van der Waals surface area (Å²) >= 11 is 0. The van der Waals surface area contributed by atoms with Gasteiger partial charge in [-0.2, -0.15) is 10.1 Å². The van der Waals surface area contributed by atoms with E-state index in [9.17, 15) is 9.59 Å². The van der Waals surface area contributed by atoms with Crippen molar-refractivity contribution in [2.24, 2.45) is 5.41 Å². The number of carbonyl (C=O) groups is 2. The van der Waals surface area contributed by atoms with Gasteiger partial charge in [-0.25, -0.2) is 9.59 Å². The Bertz CT molecular complexity index is 523. The molecular formula is C17H26O6. The summed E-state index contributed by atoms with van der Waals surface area (Å²) in [6.07, 6.45) is 0. The van der Waals surface area contributed by atoms with Crippen LogP contribution >= 0.6 is 0 Å². The molecule has 0 atom stereocenters.